The maximum Gasteiger partial charge on any atom is 0.255 e. The van der Waals surface area contributed by atoms with Crippen molar-refractivity contribution < 1.29 is 4.79 Å². The predicted molar refractivity (Wildman–Crippen MR) is 103 cm³/mol. The fourth-order valence-corrected chi connectivity index (χ4v) is 3.66. The van der Waals surface area contributed by atoms with Gasteiger partial charge in [0.25, 0.3) is 5.91 Å². The van der Waals surface area contributed by atoms with Gasteiger partial charge in [-0.05, 0) is 57.3 Å². The SMILES string of the molecule is O=C(Nc1ccccc1)c1ccc2c(c1)-c1cccc3cccc-2c13. The Morgan fingerprint density at radius 3 is 2.12 bits per heavy atom. The number of carbonyl (C=O) groups excluding carboxylic acids is 1. The normalized spacial score (nSPS) is 11.4. The van der Waals surface area contributed by atoms with Crippen molar-refractivity contribution in [2.75, 3.05) is 5.32 Å². The molecular weight excluding hydrogens is 306 g/mol. The molecule has 0 radical (unpaired) electrons. The van der Waals surface area contributed by atoms with Gasteiger partial charge in [-0.3, -0.25) is 4.79 Å². The minimum absolute atomic E-state index is 0.0860. The lowest BCUT2D eigenvalue weighted by molar-refractivity contribution is 0.102. The molecule has 0 bridgehead atoms. The Balaban J connectivity index is 1.60. The Morgan fingerprint density at radius 2 is 1.36 bits per heavy atom. The van der Waals surface area contributed by atoms with E-state index in [4.69, 9.17) is 0 Å². The van der Waals surface area contributed by atoms with Crippen molar-refractivity contribution in [3.63, 3.8) is 0 Å². The number of fused-ring (bicyclic) bond motifs is 3. The number of hydrogen-bond donors (Lipinski definition) is 1. The van der Waals surface area contributed by atoms with Crippen LogP contribution in [0.25, 0.3) is 33.0 Å². The lowest BCUT2D eigenvalue weighted by Gasteiger charge is -2.08. The molecule has 0 unspecified atom stereocenters. The molecule has 1 aliphatic rings. The Kier molecular flexibility index (Phi) is 2.98. The van der Waals surface area contributed by atoms with Crippen LogP contribution >= 0.6 is 0 Å². The van der Waals surface area contributed by atoms with E-state index in [0.29, 0.717) is 5.56 Å². The molecule has 0 atom stereocenters. The molecular formula is C23H15NO. The number of nitrogens with one attached hydrogen (secondary N) is 1. The average molecular weight is 321 g/mol. The monoisotopic (exact) mass is 321 g/mol. The average Bonchev–Trinajstić information content (AvgIpc) is 2.98. The van der Waals surface area contributed by atoms with Gasteiger partial charge in [-0.25, -0.2) is 0 Å². The predicted octanol–water partition coefficient (Wildman–Crippen LogP) is 5.74. The highest BCUT2D eigenvalue weighted by molar-refractivity contribution is 6.16. The number of carbonyl (C=O) groups is 1. The van der Waals surface area contributed by atoms with Gasteiger partial charge >= 0.3 is 0 Å². The van der Waals surface area contributed by atoms with E-state index < -0.39 is 0 Å². The molecule has 4 aromatic carbocycles. The quantitative estimate of drug-likeness (QED) is 0.441. The topological polar surface area (TPSA) is 29.1 Å². The van der Waals surface area contributed by atoms with Crippen molar-refractivity contribution in [3.8, 4) is 22.3 Å². The van der Waals surface area contributed by atoms with Crippen molar-refractivity contribution in [1.82, 2.24) is 0 Å². The van der Waals surface area contributed by atoms with Crippen LogP contribution in [0.15, 0.2) is 84.9 Å². The highest BCUT2D eigenvalue weighted by atomic mass is 16.1. The van der Waals surface area contributed by atoms with Gasteiger partial charge in [-0.2, -0.15) is 0 Å². The van der Waals surface area contributed by atoms with E-state index >= 15 is 0 Å². The van der Waals surface area contributed by atoms with E-state index in [1.54, 1.807) is 0 Å². The highest BCUT2D eigenvalue weighted by Crippen LogP contribution is 2.47. The fraction of sp³-hybridized carbons (Fsp3) is 0. The van der Waals surface area contributed by atoms with E-state index in [9.17, 15) is 4.79 Å². The van der Waals surface area contributed by atoms with Crippen LogP contribution in [0.3, 0.4) is 0 Å². The summed E-state index contributed by atoms with van der Waals surface area (Å²) in [6, 6.07) is 28.2. The largest absolute Gasteiger partial charge is 0.322 e. The molecule has 0 saturated heterocycles. The van der Waals surface area contributed by atoms with Gasteiger partial charge in [0.2, 0.25) is 0 Å². The zero-order valence-corrected chi connectivity index (χ0v) is 13.5. The van der Waals surface area contributed by atoms with Crippen LogP contribution in [0.2, 0.25) is 0 Å². The Morgan fingerprint density at radius 1 is 0.640 bits per heavy atom. The van der Waals surface area contributed by atoms with E-state index in [2.05, 4.69) is 47.8 Å². The van der Waals surface area contributed by atoms with E-state index in [1.165, 1.54) is 27.5 Å². The summed E-state index contributed by atoms with van der Waals surface area (Å²) in [6.45, 7) is 0. The van der Waals surface area contributed by atoms with Crippen molar-refractivity contribution in [2.24, 2.45) is 0 Å². The van der Waals surface area contributed by atoms with Crippen molar-refractivity contribution in [2.45, 2.75) is 0 Å². The summed E-state index contributed by atoms with van der Waals surface area (Å²) in [6.07, 6.45) is 0. The van der Waals surface area contributed by atoms with E-state index in [-0.39, 0.29) is 5.91 Å². The first-order valence-corrected chi connectivity index (χ1v) is 8.34. The Labute approximate surface area is 145 Å². The van der Waals surface area contributed by atoms with Crippen molar-refractivity contribution in [3.05, 3.63) is 90.5 Å². The number of para-hydroxylation sites is 1. The van der Waals surface area contributed by atoms with Gasteiger partial charge in [0, 0.05) is 11.3 Å². The van der Waals surface area contributed by atoms with Gasteiger partial charge in [0.1, 0.15) is 0 Å². The molecule has 0 saturated carbocycles. The number of amides is 1. The van der Waals surface area contributed by atoms with Gasteiger partial charge in [-0.15, -0.1) is 0 Å². The molecule has 1 amide bonds. The van der Waals surface area contributed by atoms with Crippen LogP contribution in [0.1, 0.15) is 10.4 Å². The zero-order valence-electron chi connectivity index (χ0n) is 13.5. The maximum absolute atomic E-state index is 12.6. The lowest BCUT2D eigenvalue weighted by atomic mass is 10.0. The molecule has 4 aromatic rings. The van der Waals surface area contributed by atoms with Crippen LogP contribution in [-0.2, 0) is 0 Å². The van der Waals surface area contributed by atoms with E-state index in [1.807, 2.05) is 42.5 Å². The molecule has 0 fully saturated rings. The standard InChI is InChI=1S/C23H15NO/c25-23(24-17-8-2-1-3-9-17)16-12-13-18-19-10-4-6-15-7-5-11-20(22(15)19)21(18)14-16/h1-14H,(H,24,25). The first-order chi connectivity index (χ1) is 12.3. The molecule has 2 nitrogen and oxygen atoms in total. The van der Waals surface area contributed by atoms with Crippen LogP contribution in [-0.4, -0.2) is 5.91 Å². The fourth-order valence-electron chi connectivity index (χ4n) is 3.66. The Hall–Kier alpha value is -3.39. The molecule has 0 heterocycles. The number of rotatable bonds is 2. The molecule has 0 spiro atoms. The van der Waals surface area contributed by atoms with Crippen LogP contribution in [0.4, 0.5) is 5.69 Å². The summed E-state index contributed by atoms with van der Waals surface area (Å²) < 4.78 is 0. The lowest BCUT2D eigenvalue weighted by Crippen LogP contribution is -2.11. The highest BCUT2D eigenvalue weighted by Gasteiger charge is 2.22. The summed E-state index contributed by atoms with van der Waals surface area (Å²) in [7, 11) is 0. The minimum Gasteiger partial charge on any atom is -0.322 e. The molecule has 5 rings (SSSR count). The smallest absolute Gasteiger partial charge is 0.255 e. The third kappa shape index (κ3) is 2.15. The van der Waals surface area contributed by atoms with Crippen LogP contribution in [0.5, 0.6) is 0 Å². The molecule has 1 aliphatic carbocycles. The number of benzene rings is 4. The van der Waals surface area contributed by atoms with E-state index in [0.717, 1.165) is 11.3 Å². The second-order valence-electron chi connectivity index (χ2n) is 6.29. The molecule has 1 N–H and O–H groups in total. The number of hydrogen-bond acceptors (Lipinski definition) is 1. The third-order valence-corrected chi connectivity index (χ3v) is 4.80. The van der Waals surface area contributed by atoms with Gasteiger partial charge < -0.3 is 5.32 Å². The van der Waals surface area contributed by atoms with Gasteiger partial charge in [0.05, 0.1) is 0 Å². The first-order valence-electron chi connectivity index (χ1n) is 8.34. The second kappa shape index (κ2) is 5.32. The summed E-state index contributed by atoms with van der Waals surface area (Å²) >= 11 is 0. The third-order valence-electron chi connectivity index (χ3n) is 4.80. The summed E-state index contributed by atoms with van der Waals surface area (Å²) in [5.74, 6) is -0.0860. The maximum atomic E-state index is 12.6. The van der Waals surface area contributed by atoms with Crippen molar-refractivity contribution >= 4 is 22.4 Å². The Bertz CT molecular complexity index is 1120. The first kappa shape index (κ1) is 14.0. The number of anilines is 1. The van der Waals surface area contributed by atoms with Crippen LogP contribution < -0.4 is 5.32 Å². The summed E-state index contributed by atoms with van der Waals surface area (Å²) in [4.78, 5) is 12.6. The molecule has 25 heavy (non-hydrogen) atoms. The molecule has 118 valence electrons. The van der Waals surface area contributed by atoms with Gasteiger partial charge in [0.15, 0.2) is 0 Å². The zero-order chi connectivity index (χ0) is 16.8. The van der Waals surface area contributed by atoms with Crippen molar-refractivity contribution in [1.29, 1.82) is 0 Å². The minimum atomic E-state index is -0.0860. The second-order valence-corrected chi connectivity index (χ2v) is 6.29. The molecule has 0 aliphatic heterocycles. The van der Waals surface area contributed by atoms with Gasteiger partial charge in [-0.1, -0.05) is 60.7 Å². The molecule has 2 heteroatoms. The molecule has 0 aromatic heterocycles. The summed E-state index contributed by atoms with van der Waals surface area (Å²) in [5, 5.41) is 5.47. The summed E-state index contributed by atoms with van der Waals surface area (Å²) in [5.41, 5.74) is 6.26. The van der Waals surface area contributed by atoms with Crippen LogP contribution in [0, 0.1) is 0 Å².